The molecule has 1 atom stereocenters. The minimum Gasteiger partial charge on any atom is -0.503 e. The molecular weight excluding hydrogens is 436 g/mol. The van der Waals surface area contributed by atoms with E-state index in [1.165, 1.54) is 17.2 Å². The number of amides is 1. The van der Waals surface area contributed by atoms with E-state index >= 15 is 0 Å². The van der Waals surface area contributed by atoms with Crippen LogP contribution in [0.15, 0.2) is 52.3 Å². The Balaban J connectivity index is 2.02. The lowest BCUT2D eigenvalue weighted by molar-refractivity contribution is -0.129. The number of aliphatic hydroxyl groups excluding tert-OH is 1. The fourth-order valence-corrected chi connectivity index (χ4v) is 3.80. The third kappa shape index (κ3) is 5.62. The van der Waals surface area contributed by atoms with Gasteiger partial charge in [0.25, 0.3) is 5.91 Å². The molecule has 0 spiro atoms. The fraction of sp³-hybridized carbons (Fsp3) is 0.462. The standard InChI is InChI=1S/C26H34N2O6/c1-6-32-21-16-18(9-10-19(21)34-15-11-17(2)3)23-22(24(29)20-8-7-14-33-20)25(30)26(31)28(23)13-12-27(4)5/h7-10,14,16-17,23,30H,6,11-13,15H2,1-5H3. The maximum absolute atomic E-state index is 13.3. The van der Waals surface area contributed by atoms with Gasteiger partial charge in [0.15, 0.2) is 23.0 Å². The summed E-state index contributed by atoms with van der Waals surface area (Å²) in [4.78, 5) is 29.7. The lowest BCUT2D eigenvalue weighted by Gasteiger charge is -2.28. The van der Waals surface area contributed by atoms with Crippen LogP contribution in [0.25, 0.3) is 0 Å². The van der Waals surface area contributed by atoms with Crippen molar-refractivity contribution in [3.63, 3.8) is 0 Å². The molecule has 184 valence electrons. The second-order valence-corrected chi connectivity index (χ2v) is 8.94. The highest BCUT2D eigenvalue weighted by Crippen LogP contribution is 2.41. The smallest absolute Gasteiger partial charge is 0.290 e. The summed E-state index contributed by atoms with van der Waals surface area (Å²) < 4.78 is 17.1. The van der Waals surface area contributed by atoms with E-state index in [2.05, 4.69) is 13.8 Å². The Morgan fingerprint density at radius 3 is 2.59 bits per heavy atom. The van der Waals surface area contributed by atoms with Gasteiger partial charge in [-0.25, -0.2) is 0 Å². The third-order valence-electron chi connectivity index (χ3n) is 5.62. The molecule has 1 N–H and O–H groups in total. The minimum atomic E-state index is -0.783. The number of ketones is 1. The van der Waals surface area contributed by atoms with E-state index < -0.39 is 23.5 Å². The first-order valence-electron chi connectivity index (χ1n) is 11.6. The molecule has 8 heteroatoms. The first kappa shape index (κ1) is 25.4. The minimum absolute atomic E-state index is 0.00497. The van der Waals surface area contributed by atoms with Gasteiger partial charge in [0.1, 0.15) is 0 Å². The molecule has 1 aliphatic rings. The zero-order valence-electron chi connectivity index (χ0n) is 20.5. The topological polar surface area (TPSA) is 92.5 Å². The molecule has 0 saturated heterocycles. The summed E-state index contributed by atoms with van der Waals surface area (Å²) in [5.74, 6) is 0.0311. The Labute approximate surface area is 200 Å². The first-order chi connectivity index (χ1) is 16.2. The number of nitrogens with zero attached hydrogens (tertiary/aromatic N) is 2. The number of aliphatic hydroxyl groups is 1. The third-order valence-corrected chi connectivity index (χ3v) is 5.62. The number of benzene rings is 1. The van der Waals surface area contributed by atoms with Crippen LogP contribution in [-0.4, -0.2) is 67.0 Å². The van der Waals surface area contributed by atoms with Gasteiger partial charge in [0, 0.05) is 13.1 Å². The molecule has 0 fully saturated rings. The van der Waals surface area contributed by atoms with Crippen molar-refractivity contribution < 1.29 is 28.6 Å². The average molecular weight is 471 g/mol. The monoisotopic (exact) mass is 470 g/mol. The highest BCUT2D eigenvalue weighted by Gasteiger charge is 2.44. The quantitative estimate of drug-likeness (QED) is 0.464. The molecule has 3 rings (SSSR count). The Morgan fingerprint density at radius 1 is 1.21 bits per heavy atom. The van der Waals surface area contributed by atoms with Crippen LogP contribution in [0.3, 0.4) is 0 Å². The zero-order valence-corrected chi connectivity index (χ0v) is 20.5. The van der Waals surface area contributed by atoms with Crippen LogP contribution in [0, 0.1) is 5.92 Å². The van der Waals surface area contributed by atoms with Crippen LogP contribution in [0.2, 0.25) is 0 Å². The highest BCUT2D eigenvalue weighted by atomic mass is 16.5. The molecule has 8 nitrogen and oxygen atoms in total. The Bertz CT molecular complexity index is 1030. The van der Waals surface area contributed by atoms with Crippen molar-refractivity contribution >= 4 is 11.7 Å². The van der Waals surface area contributed by atoms with Gasteiger partial charge in [-0.2, -0.15) is 0 Å². The molecule has 2 aromatic rings. The van der Waals surface area contributed by atoms with E-state index in [-0.39, 0.29) is 11.3 Å². The number of carbonyl (C=O) groups is 2. The first-order valence-corrected chi connectivity index (χ1v) is 11.6. The summed E-state index contributed by atoms with van der Waals surface area (Å²) >= 11 is 0. The summed E-state index contributed by atoms with van der Waals surface area (Å²) in [5.41, 5.74) is 0.639. The molecule has 1 aliphatic heterocycles. The second-order valence-electron chi connectivity index (χ2n) is 8.94. The molecule has 0 bridgehead atoms. The number of rotatable bonds is 12. The van der Waals surface area contributed by atoms with Crippen molar-refractivity contribution in [1.82, 2.24) is 9.80 Å². The van der Waals surface area contributed by atoms with Crippen molar-refractivity contribution in [2.24, 2.45) is 5.92 Å². The number of hydrogen-bond donors (Lipinski definition) is 1. The Morgan fingerprint density at radius 2 is 1.97 bits per heavy atom. The summed E-state index contributed by atoms with van der Waals surface area (Å²) in [7, 11) is 3.79. The largest absolute Gasteiger partial charge is 0.503 e. The fourth-order valence-electron chi connectivity index (χ4n) is 3.80. The maximum Gasteiger partial charge on any atom is 0.290 e. The van der Waals surface area contributed by atoms with E-state index in [0.717, 1.165) is 6.42 Å². The maximum atomic E-state index is 13.3. The van der Waals surface area contributed by atoms with E-state index in [4.69, 9.17) is 13.9 Å². The Kier molecular flexibility index (Phi) is 8.39. The normalized spacial score (nSPS) is 16.1. The second kappa shape index (κ2) is 11.2. The molecule has 0 radical (unpaired) electrons. The van der Waals surface area contributed by atoms with Crippen LogP contribution < -0.4 is 9.47 Å². The van der Waals surface area contributed by atoms with Crippen LogP contribution in [0.1, 0.15) is 49.4 Å². The zero-order chi connectivity index (χ0) is 24.8. The van der Waals surface area contributed by atoms with E-state index in [9.17, 15) is 14.7 Å². The van der Waals surface area contributed by atoms with Gasteiger partial charge in [-0.05, 0) is 63.2 Å². The van der Waals surface area contributed by atoms with Gasteiger partial charge in [0.05, 0.1) is 31.1 Å². The summed E-state index contributed by atoms with van der Waals surface area (Å²) in [5, 5.41) is 10.7. The molecule has 1 aromatic heterocycles. The van der Waals surface area contributed by atoms with Gasteiger partial charge < -0.3 is 28.8 Å². The van der Waals surface area contributed by atoms with Crippen LogP contribution >= 0.6 is 0 Å². The van der Waals surface area contributed by atoms with Crippen molar-refractivity contribution in [2.75, 3.05) is 40.4 Å². The van der Waals surface area contributed by atoms with Gasteiger partial charge in [-0.15, -0.1) is 0 Å². The summed E-state index contributed by atoms with van der Waals surface area (Å²) in [6.07, 6.45) is 2.29. The summed E-state index contributed by atoms with van der Waals surface area (Å²) in [6.45, 7) is 8.01. The van der Waals surface area contributed by atoms with Gasteiger partial charge >= 0.3 is 0 Å². The molecule has 2 heterocycles. The van der Waals surface area contributed by atoms with E-state index in [1.807, 2.05) is 32.0 Å². The number of hydrogen-bond acceptors (Lipinski definition) is 7. The number of furan rings is 1. The molecule has 34 heavy (non-hydrogen) atoms. The average Bonchev–Trinajstić information content (AvgIpc) is 3.41. The highest BCUT2D eigenvalue weighted by molar-refractivity contribution is 6.15. The Hall–Kier alpha value is -3.26. The number of ether oxygens (including phenoxy) is 2. The van der Waals surface area contributed by atoms with E-state index in [1.54, 1.807) is 18.2 Å². The van der Waals surface area contributed by atoms with E-state index in [0.29, 0.717) is 49.3 Å². The van der Waals surface area contributed by atoms with Gasteiger partial charge in [0.2, 0.25) is 5.78 Å². The lowest BCUT2D eigenvalue weighted by Crippen LogP contribution is -2.36. The molecule has 1 unspecified atom stereocenters. The van der Waals surface area contributed by atoms with Crippen molar-refractivity contribution in [3.05, 3.63) is 59.3 Å². The predicted molar refractivity (Wildman–Crippen MR) is 128 cm³/mol. The predicted octanol–water partition coefficient (Wildman–Crippen LogP) is 4.24. The van der Waals surface area contributed by atoms with Crippen LogP contribution in [0.4, 0.5) is 0 Å². The summed E-state index contributed by atoms with van der Waals surface area (Å²) in [6, 6.07) is 7.71. The van der Waals surface area contributed by atoms with Crippen molar-refractivity contribution in [3.8, 4) is 11.5 Å². The van der Waals surface area contributed by atoms with Crippen LogP contribution in [0.5, 0.6) is 11.5 Å². The number of carbonyl (C=O) groups excluding carboxylic acids is 2. The van der Waals surface area contributed by atoms with Crippen molar-refractivity contribution in [2.45, 2.75) is 33.2 Å². The molecule has 1 aromatic carbocycles. The lowest BCUT2D eigenvalue weighted by atomic mass is 9.94. The van der Waals surface area contributed by atoms with Crippen molar-refractivity contribution in [1.29, 1.82) is 0 Å². The molecule has 1 amide bonds. The van der Waals surface area contributed by atoms with Crippen LogP contribution in [-0.2, 0) is 4.79 Å². The SMILES string of the molecule is CCOc1cc(C2C(C(=O)c3ccco3)=C(O)C(=O)N2CCN(C)C)ccc1OCCC(C)C. The molecule has 0 saturated carbocycles. The van der Waals surface area contributed by atoms with Gasteiger partial charge in [-0.1, -0.05) is 19.9 Å². The number of likely N-dealkylation sites (N-methyl/N-ethyl adjacent to an activating group) is 1. The number of Topliss-reactive ketones (excluding diaryl/α,β-unsaturated/α-hetero) is 1. The molecular formula is C26H34N2O6. The molecule has 0 aliphatic carbocycles. The van der Waals surface area contributed by atoms with Gasteiger partial charge in [-0.3, -0.25) is 9.59 Å².